The Morgan fingerprint density at radius 2 is 2.11 bits per heavy atom. The molecule has 1 aromatic rings. The summed E-state index contributed by atoms with van der Waals surface area (Å²) in [6, 6.07) is 5.25. The van der Waals surface area contributed by atoms with Crippen LogP contribution in [0.2, 0.25) is 0 Å². The maximum atomic E-state index is 13.0. The lowest BCUT2D eigenvalue weighted by molar-refractivity contribution is -0.174. The summed E-state index contributed by atoms with van der Waals surface area (Å²) in [5.74, 6) is -2.33. The SMILES string of the molecule is O=C(NC1CCN(c2cccc(F)c2)C1)C(F)(F)F. The molecule has 3 nitrogen and oxygen atoms in total. The second kappa shape index (κ2) is 5.07. The van der Waals surface area contributed by atoms with Crippen LogP contribution < -0.4 is 10.2 Å². The van der Waals surface area contributed by atoms with Gasteiger partial charge in [0, 0.05) is 24.8 Å². The molecule has 1 aliphatic heterocycles. The lowest BCUT2D eigenvalue weighted by atomic mass is 10.2. The van der Waals surface area contributed by atoms with E-state index in [4.69, 9.17) is 0 Å². The van der Waals surface area contributed by atoms with Gasteiger partial charge in [0.2, 0.25) is 0 Å². The number of carbonyl (C=O) groups is 1. The smallest absolute Gasteiger partial charge is 0.369 e. The van der Waals surface area contributed by atoms with Crippen LogP contribution in [0.4, 0.5) is 23.2 Å². The lowest BCUT2D eigenvalue weighted by Gasteiger charge is -2.19. The molecule has 1 atom stereocenters. The Hall–Kier alpha value is -1.79. The van der Waals surface area contributed by atoms with Gasteiger partial charge in [0.1, 0.15) is 5.82 Å². The fourth-order valence-corrected chi connectivity index (χ4v) is 2.05. The first-order valence-corrected chi connectivity index (χ1v) is 5.74. The van der Waals surface area contributed by atoms with Gasteiger partial charge >= 0.3 is 12.1 Å². The van der Waals surface area contributed by atoms with Gasteiger partial charge < -0.3 is 10.2 Å². The molecule has 0 saturated carbocycles. The number of rotatable bonds is 2. The van der Waals surface area contributed by atoms with E-state index in [0.29, 0.717) is 18.7 Å². The summed E-state index contributed by atoms with van der Waals surface area (Å²) >= 11 is 0. The predicted octanol–water partition coefficient (Wildman–Crippen LogP) is 2.08. The number of anilines is 1. The third-order valence-electron chi connectivity index (χ3n) is 2.95. The van der Waals surface area contributed by atoms with Crippen molar-refractivity contribution in [3.63, 3.8) is 0 Å². The second-order valence-corrected chi connectivity index (χ2v) is 4.38. The van der Waals surface area contributed by atoms with Gasteiger partial charge in [0.15, 0.2) is 0 Å². The van der Waals surface area contributed by atoms with Gasteiger partial charge in [-0.3, -0.25) is 4.79 Å². The van der Waals surface area contributed by atoms with E-state index in [1.54, 1.807) is 11.0 Å². The van der Waals surface area contributed by atoms with Crippen LogP contribution in [0.5, 0.6) is 0 Å². The van der Waals surface area contributed by atoms with Crippen molar-refractivity contribution < 1.29 is 22.4 Å². The summed E-state index contributed by atoms with van der Waals surface area (Å²) in [6.45, 7) is 0.720. The molecule has 1 amide bonds. The molecule has 7 heteroatoms. The fourth-order valence-electron chi connectivity index (χ4n) is 2.05. The summed E-state index contributed by atoms with van der Waals surface area (Å²) in [6.07, 6.45) is -4.47. The van der Waals surface area contributed by atoms with E-state index in [1.807, 2.05) is 5.32 Å². The molecule has 0 aliphatic carbocycles. The molecule has 0 radical (unpaired) electrons. The van der Waals surface area contributed by atoms with E-state index in [1.165, 1.54) is 18.2 Å². The Balaban J connectivity index is 1.95. The summed E-state index contributed by atoms with van der Waals surface area (Å²) < 4.78 is 49.3. The third kappa shape index (κ3) is 3.36. The molecular weight excluding hydrogens is 264 g/mol. The number of nitrogens with one attached hydrogen (secondary N) is 1. The van der Waals surface area contributed by atoms with Crippen LogP contribution >= 0.6 is 0 Å². The quantitative estimate of drug-likeness (QED) is 0.839. The number of amides is 1. The highest BCUT2D eigenvalue weighted by molar-refractivity contribution is 5.82. The number of alkyl halides is 3. The number of halogens is 4. The molecule has 1 aliphatic rings. The van der Waals surface area contributed by atoms with E-state index in [2.05, 4.69) is 0 Å². The van der Waals surface area contributed by atoms with Crippen LogP contribution in [0, 0.1) is 5.82 Å². The molecule has 0 spiro atoms. The van der Waals surface area contributed by atoms with Crippen LogP contribution in [0.1, 0.15) is 6.42 Å². The molecule has 1 unspecified atom stereocenters. The van der Waals surface area contributed by atoms with Crippen molar-refractivity contribution in [2.45, 2.75) is 18.6 Å². The van der Waals surface area contributed by atoms with Crippen molar-refractivity contribution in [3.8, 4) is 0 Å². The Morgan fingerprint density at radius 3 is 2.74 bits per heavy atom. The molecule has 1 fully saturated rings. The Labute approximate surface area is 107 Å². The zero-order chi connectivity index (χ0) is 14.0. The summed E-state index contributed by atoms with van der Waals surface area (Å²) in [4.78, 5) is 12.5. The zero-order valence-electron chi connectivity index (χ0n) is 9.88. The average molecular weight is 276 g/mol. The highest BCUT2D eigenvalue weighted by atomic mass is 19.4. The molecule has 1 N–H and O–H groups in total. The van der Waals surface area contributed by atoms with Gasteiger partial charge in [0.25, 0.3) is 0 Å². The summed E-state index contributed by atoms with van der Waals surface area (Å²) in [5.41, 5.74) is 0.601. The minimum absolute atomic E-state index is 0.241. The first kappa shape index (κ1) is 13.6. The van der Waals surface area contributed by atoms with Gasteiger partial charge in [-0.2, -0.15) is 13.2 Å². The monoisotopic (exact) mass is 276 g/mol. The van der Waals surface area contributed by atoms with Gasteiger partial charge in [-0.1, -0.05) is 6.07 Å². The Morgan fingerprint density at radius 1 is 1.37 bits per heavy atom. The van der Waals surface area contributed by atoms with E-state index in [9.17, 15) is 22.4 Å². The maximum absolute atomic E-state index is 13.0. The molecule has 1 aromatic carbocycles. The normalized spacial score (nSPS) is 19.6. The molecular formula is C12H12F4N2O. The van der Waals surface area contributed by atoms with Crippen LogP contribution in [0.15, 0.2) is 24.3 Å². The van der Waals surface area contributed by atoms with Crippen molar-refractivity contribution in [2.24, 2.45) is 0 Å². The van der Waals surface area contributed by atoms with Crippen LogP contribution in [0.25, 0.3) is 0 Å². The third-order valence-corrected chi connectivity index (χ3v) is 2.95. The van der Waals surface area contributed by atoms with Gasteiger partial charge in [-0.25, -0.2) is 4.39 Å². The fraction of sp³-hybridized carbons (Fsp3) is 0.417. The van der Waals surface area contributed by atoms with E-state index in [0.717, 1.165) is 0 Å². The van der Waals surface area contributed by atoms with E-state index in [-0.39, 0.29) is 6.54 Å². The number of nitrogens with zero attached hydrogens (tertiary/aromatic N) is 1. The van der Waals surface area contributed by atoms with Gasteiger partial charge in [0.05, 0.1) is 0 Å². The minimum atomic E-state index is -4.87. The molecule has 1 heterocycles. The van der Waals surface area contributed by atoms with Gasteiger partial charge in [-0.05, 0) is 24.6 Å². The number of hydrogen-bond donors (Lipinski definition) is 1. The van der Waals surface area contributed by atoms with Crippen molar-refractivity contribution in [2.75, 3.05) is 18.0 Å². The predicted molar refractivity (Wildman–Crippen MR) is 61.2 cm³/mol. The first-order chi connectivity index (χ1) is 8.86. The molecule has 0 aromatic heterocycles. The standard InChI is InChI=1S/C12H12F4N2O/c13-8-2-1-3-10(6-8)18-5-4-9(7-18)17-11(19)12(14,15)16/h1-3,6,9H,4-5,7H2,(H,17,19). The summed E-state index contributed by atoms with van der Waals surface area (Å²) in [7, 11) is 0. The molecule has 2 rings (SSSR count). The van der Waals surface area contributed by atoms with Crippen molar-refractivity contribution in [1.29, 1.82) is 0 Å². The zero-order valence-corrected chi connectivity index (χ0v) is 9.88. The van der Waals surface area contributed by atoms with Crippen molar-refractivity contribution in [1.82, 2.24) is 5.32 Å². The minimum Gasteiger partial charge on any atom is -0.369 e. The largest absolute Gasteiger partial charge is 0.471 e. The maximum Gasteiger partial charge on any atom is 0.471 e. The Kier molecular flexibility index (Phi) is 3.64. The highest BCUT2D eigenvalue weighted by Crippen LogP contribution is 2.22. The second-order valence-electron chi connectivity index (χ2n) is 4.38. The number of benzene rings is 1. The van der Waals surface area contributed by atoms with Crippen LogP contribution in [0.3, 0.4) is 0 Å². The number of carbonyl (C=O) groups excluding carboxylic acids is 1. The topological polar surface area (TPSA) is 32.3 Å². The van der Waals surface area contributed by atoms with Crippen molar-refractivity contribution >= 4 is 11.6 Å². The molecule has 1 saturated heterocycles. The van der Waals surface area contributed by atoms with Crippen LogP contribution in [-0.4, -0.2) is 31.2 Å². The van der Waals surface area contributed by atoms with E-state index >= 15 is 0 Å². The highest BCUT2D eigenvalue weighted by Gasteiger charge is 2.40. The average Bonchev–Trinajstić information content (AvgIpc) is 2.76. The summed E-state index contributed by atoms with van der Waals surface area (Å²) in [5, 5.41) is 1.93. The van der Waals surface area contributed by atoms with Crippen molar-refractivity contribution in [3.05, 3.63) is 30.1 Å². The van der Waals surface area contributed by atoms with E-state index < -0.39 is 23.9 Å². The van der Waals surface area contributed by atoms with Crippen LogP contribution in [-0.2, 0) is 4.79 Å². The first-order valence-electron chi connectivity index (χ1n) is 5.74. The molecule has 104 valence electrons. The molecule has 19 heavy (non-hydrogen) atoms. The Bertz CT molecular complexity index is 475. The number of hydrogen-bond acceptors (Lipinski definition) is 2. The molecule has 0 bridgehead atoms. The lowest BCUT2D eigenvalue weighted by Crippen LogP contribution is -2.44. The van der Waals surface area contributed by atoms with Gasteiger partial charge in [-0.15, -0.1) is 0 Å².